The molecule has 3 amide bonds. The minimum Gasteiger partial charge on any atom is -0.492 e. The number of nitrogens with two attached hydrogens (primary N) is 1. The molecule has 7 nitrogen and oxygen atoms in total. The maximum absolute atomic E-state index is 12.3. The first-order valence-electron chi connectivity index (χ1n) is 8.98. The largest absolute Gasteiger partial charge is 0.492 e. The Kier molecular flexibility index (Phi) is 8.10. The molecule has 150 valence electrons. The Hall–Kier alpha value is -2.77. The zero-order valence-corrected chi connectivity index (χ0v) is 16.3. The fourth-order valence-corrected chi connectivity index (χ4v) is 2.95. The highest BCUT2D eigenvalue weighted by molar-refractivity contribution is 5.94. The minimum absolute atomic E-state index is 0. The molecule has 0 saturated heterocycles. The Morgan fingerprint density at radius 2 is 1.79 bits per heavy atom. The smallest absolute Gasteiger partial charge is 0.318 e. The quantitative estimate of drug-likeness (QED) is 0.687. The first-order chi connectivity index (χ1) is 13.2. The molecular weight excluding hydrogens is 380 g/mol. The predicted octanol–water partition coefficient (Wildman–Crippen LogP) is 2.15. The van der Waals surface area contributed by atoms with E-state index in [0.717, 1.165) is 12.0 Å². The number of nitrogens with zero attached hydrogens (tertiary/aromatic N) is 1. The molecular formula is C20H25ClN4O3. The summed E-state index contributed by atoms with van der Waals surface area (Å²) in [4.78, 5) is 26.1. The summed E-state index contributed by atoms with van der Waals surface area (Å²) in [5.41, 5.74) is 8.46. The highest BCUT2D eigenvalue weighted by Gasteiger charge is 2.20. The van der Waals surface area contributed by atoms with Crippen LogP contribution in [0.5, 0.6) is 5.75 Å². The Labute approximate surface area is 170 Å². The van der Waals surface area contributed by atoms with Gasteiger partial charge >= 0.3 is 6.03 Å². The molecule has 0 fully saturated rings. The summed E-state index contributed by atoms with van der Waals surface area (Å²) in [6.45, 7) is 2.02. The number of rotatable bonds is 6. The van der Waals surface area contributed by atoms with E-state index in [2.05, 4.69) is 16.7 Å². The van der Waals surface area contributed by atoms with Crippen LogP contribution in [0.15, 0.2) is 48.5 Å². The summed E-state index contributed by atoms with van der Waals surface area (Å²) < 4.78 is 5.39. The van der Waals surface area contributed by atoms with E-state index in [9.17, 15) is 9.59 Å². The van der Waals surface area contributed by atoms with E-state index in [4.69, 9.17) is 10.5 Å². The average molecular weight is 405 g/mol. The van der Waals surface area contributed by atoms with Gasteiger partial charge in [0.1, 0.15) is 12.4 Å². The van der Waals surface area contributed by atoms with Gasteiger partial charge in [-0.25, -0.2) is 4.79 Å². The van der Waals surface area contributed by atoms with Gasteiger partial charge in [-0.1, -0.05) is 24.3 Å². The fraction of sp³-hybridized carbons (Fsp3) is 0.300. The van der Waals surface area contributed by atoms with Crippen molar-refractivity contribution >= 4 is 30.0 Å². The number of amides is 3. The van der Waals surface area contributed by atoms with Crippen LogP contribution < -0.4 is 21.1 Å². The SMILES string of the molecule is Cl.NCCOc1ccc(NC(=O)CNC(=O)N2CCc3ccccc3C2)cc1. The second-order valence-electron chi connectivity index (χ2n) is 6.31. The topological polar surface area (TPSA) is 96.7 Å². The lowest BCUT2D eigenvalue weighted by Crippen LogP contribution is -2.45. The highest BCUT2D eigenvalue weighted by Crippen LogP contribution is 2.18. The Morgan fingerprint density at radius 1 is 1.07 bits per heavy atom. The molecule has 0 radical (unpaired) electrons. The lowest BCUT2D eigenvalue weighted by atomic mass is 10.0. The van der Waals surface area contributed by atoms with Gasteiger partial charge in [-0.2, -0.15) is 0 Å². The third-order valence-corrected chi connectivity index (χ3v) is 4.34. The van der Waals surface area contributed by atoms with E-state index in [1.807, 2.05) is 18.2 Å². The number of hydrogen-bond acceptors (Lipinski definition) is 4. The van der Waals surface area contributed by atoms with Crippen molar-refractivity contribution in [2.75, 3.05) is 31.6 Å². The molecule has 4 N–H and O–H groups in total. The van der Waals surface area contributed by atoms with Crippen molar-refractivity contribution in [3.05, 3.63) is 59.7 Å². The number of anilines is 1. The normalized spacial score (nSPS) is 12.4. The van der Waals surface area contributed by atoms with Gasteiger partial charge in [-0.3, -0.25) is 4.79 Å². The lowest BCUT2D eigenvalue weighted by Gasteiger charge is -2.28. The summed E-state index contributed by atoms with van der Waals surface area (Å²) in [5, 5.41) is 5.43. The number of nitrogens with one attached hydrogen (secondary N) is 2. The third kappa shape index (κ3) is 5.87. The molecule has 1 aliphatic rings. The number of carbonyl (C=O) groups is 2. The predicted molar refractivity (Wildman–Crippen MR) is 111 cm³/mol. The molecule has 0 bridgehead atoms. The molecule has 1 aliphatic heterocycles. The van der Waals surface area contributed by atoms with Crippen LogP contribution in [0.25, 0.3) is 0 Å². The molecule has 8 heteroatoms. The third-order valence-electron chi connectivity index (χ3n) is 4.34. The van der Waals surface area contributed by atoms with Gasteiger partial charge in [0.05, 0.1) is 6.54 Å². The van der Waals surface area contributed by atoms with Gasteiger partial charge < -0.3 is 26.0 Å². The van der Waals surface area contributed by atoms with Crippen molar-refractivity contribution in [2.24, 2.45) is 5.73 Å². The summed E-state index contributed by atoms with van der Waals surface area (Å²) in [6.07, 6.45) is 0.828. The average Bonchev–Trinajstić information content (AvgIpc) is 2.71. The number of hydrogen-bond donors (Lipinski definition) is 3. The van der Waals surface area contributed by atoms with Crippen LogP contribution in [-0.4, -0.2) is 43.1 Å². The maximum Gasteiger partial charge on any atom is 0.318 e. The molecule has 0 saturated carbocycles. The highest BCUT2D eigenvalue weighted by atomic mass is 35.5. The maximum atomic E-state index is 12.3. The second kappa shape index (κ2) is 10.5. The van der Waals surface area contributed by atoms with Crippen LogP contribution in [-0.2, 0) is 17.8 Å². The fourth-order valence-electron chi connectivity index (χ4n) is 2.95. The number of fused-ring (bicyclic) bond motifs is 1. The number of halogens is 1. The number of ether oxygens (including phenoxy) is 1. The van der Waals surface area contributed by atoms with Crippen molar-refractivity contribution in [2.45, 2.75) is 13.0 Å². The molecule has 0 atom stereocenters. The second-order valence-corrected chi connectivity index (χ2v) is 6.31. The monoisotopic (exact) mass is 404 g/mol. The minimum atomic E-state index is -0.281. The van der Waals surface area contributed by atoms with E-state index in [-0.39, 0.29) is 30.9 Å². The Balaban J connectivity index is 0.00000280. The van der Waals surface area contributed by atoms with E-state index >= 15 is 0 Å². The van der Waals surface area contributed by atoms with E-state index in [1.165, 1.54) is 5.56 Å². The molecule has 0 aliphatic carbocycles. The van der Waals surface area contributed by atoms with Crippen LogP contribution >= 0.6 is 12.4 Å². The van der Waals surface area contributed by atoms with Crippen molar-refractivity contribution in [3.63, 3.8) is 0 Å². The van der Waals surface area contributed by atoms with Gasteiger partial charge in [-0.05, 0) is 41.8 Å². The van der Waals surface area contributed by atoms with Gasteiger partial charge in [-0.15, -0.1) is 12.4 Å². The van der Waals surface area contributed by atoms with E-state index in [0.29, 0.717) is 37.7 Å². The molecule has 2 aromatic carbocycles. The summed E-state index contributed by atoms with van der Waals surface area (Å²) in [6, 6.07) is 14.9. The lowest BCUT2D eigenvalue weighted by molar-refractivity contribution is -0.115. The van der Waals surface area contributed by atoms with Gasteiger partial charge in [0, 0.05) is 25.3 Å². The summed E-state index contributed by atoms with van der Waals surface area (Å²) >= 11 is 0. The van der Waals surface area contributed by atoms with Crippen LogP contribution in [0.2, 0.25) is 0 Å². The Bertz CT molecular complexity index is 798. The number of urea groups is 1. The van der Waals surface area contributed by atoms with Crippen molar-refractivity contribution in [3.8, 4) is 5.75 Å². The van der Waals surface area contributed by atoms with Gasteiger partial charge in [0.25, 0.3) is 0 Å². The number of carbonyl (C=O) groups excluding carboxylic acids is 2. The van der Waals surface area contributed by atoms with E-state index < -0.39 is 0 Å². The first kappa shape index (κ1) is 21.5. The number of benzene rings is 2. The zero-order valence-electron chi connectivity index (χ0n) is 15.5. The van der Waals surface area contributed by atoms with Crippen molar-refractivity contribution in [1.82, 2.24) is 10.2 Å². The van der Waals surface area contributed by atoms with Gasteiger partial charge in [0.15, 0.2) is 0 Å². The zero-order chi connectivity index (χ0) is 19.1. The first-order valence-corrected chi connectivity index (χ1v) is 8.98. The molecule has 3 rings (SSSR count). The molecule has 0 aromatic heterocycles. The standard InChI is InChI=1S/C20H24N4O3.ClH/c21-10-12-27-18-7-5-17(6-8-18)23-19(25)13-22-20(26)24-11-9-15-3-1-2-4-16(15)14-24;/h1-8H,9-14,21H2,(H,22,26)(H,23,25);1H. The summed E-state index contributed by atoms with van der Waals surface area (Å²) in [5.74, 6) is 0.411. The summed E-state index contributed by atoms with van der Waals surface area (Å²) in [7, 11) is 0. The van der Waals surface area contributed by atoms with Crippen molar-refractivity contribution in [1.29, 1.82) is 0 Å². The molecule has 0 unspecified atom stereocenters. The van der Waals surface area contributed by atoms with Crippen molar-refractivity contribution < 1.29 is 14.3 Å². The van der Waals surface area contributed by atoms with Crippen LogP contribution in [0.1, 0.15) is 11.1 Å². The molecule has 0 spiro atoms. The van der Waals surface area contributed by atoms with Crippen LogP contribution in [0.4, 0.5) is 10.5 Å². The van der Waals surface area contributed by atoms with E-state index in [1.54, 1.807) is 29.2 Å². The molecule has 2 aromatic rings. The Morgan fingerprint density at radius 3 is 2.50 bits per heavy atom. The molecule has 1 heterocycles. The van der Waals surface area contributed by atoms with Crippen LogP contribution in [0, 0.1) is 0 Å². The van der Waals surface area contributed by atoms with Gasteiger partial charge in [0.2, 0.25) is 5.91 Å². The van der Waals surface area contributed by atoms with Crippen LogP contribution in [0.3, 0.4) is 0 Å². The molecule has 28 heavy (non-hydrogen) atoms.